The van der Waals surface area contributed by atoms with Crippen molar-refractivity contribution in [3.05, 3.63) is 65.6 Å². The highest BCUT2D eigenvalue weighted by atomic mass is 16.5. The molecular formula is C20H23NO4. The monoisotopic (exact) mass is 341 g/mol. The highest BCUT2D eigenvalue weighted by molar-refractivity contribution is 5.88. The Kier molecular flexibility index (Phi) is 7.01. The van der Waals surface area contributed by atoms with Gasteiger partial charge in [-0.1, -0.05) is 38.1 Å². The molecule has 0 radical (unpaired) electrons. The molecular weight excluding hydrogens is 318 g/mol. The summed E-state index contributed by atoms with van der Waals surface area (Å²) in [5.41, 5.74) is 2.45. The second-order valence-corrected chi connectivity index (χ2v) is 5.95. The maximum atomic E-state index is 11.7. The number of furan rings is 1. The minimum atomic E-state index is -0.587. The summed E-state index contributed by atoms with van der Waals surface area (Å²) >= 11 is 0. The van der Waals surface area contributed by atoms with Gasteiger partial charge in [0.1, 0.15) is 5.76 Å². The lowest BCUT2D eigenvalue weighted by Crippen LogP contribution is -2.30. The maximum Gasteiger partial charge on any atom is 0.331 e. The highest BCUT2D eigenvalue weighted by Crippen LogP contribution is 2.14. The normalized spacial score (nSPS) is 11.0. The Labute approximate surface area is 147 Å². The predicted molar refractivity (Wildman–Crippen MR) is 95.9 cm³/mol. The van der Waals surface area contributed by atoms with Crippen molar-refractivity contribution >= 4 is 18.0 Å². The van der Waals surface area contributed by atoms with Gasteiger partial charge in [-0.25, -0.2) is 4.79 Å². The van der Waals surface area contributed by atoms with Gasteiger partial charge < -0.3 is 14.5 Å². The molecule has 0 atom stereocenters. The lowest BCUT2D eigenvalue weighted by molar-refractivity contribution is -0.143. The van der Waals surface area contributed by atoms with Gasteiger partial charge in [0.25, 0.3) is 5.91 Å². The molecule has 0 bridgehead atoms. The Morgan fingerprint density at radius 3 is 2.60 bits per heavy atom. The van der Waals surface area contributed by atoms with Gasteiger partial charge in [0.05, 0.1) is 6.26 Å². The summed E-state index contributed by atoms with van der Waals surface area (Å²) in [5, 5.41) is 2.73. The second-order valence-electron chi connectivity index (χ2n) is 5.95. The number of benzene rings is 1. The number of carbonyl (C=O) groups is 2. The van der Waals surface area contributed by atoms with Gasteiger partial charge >= 0.3 is 5.97 Å². The van der Waals surface area contributed by atoms with Crippen molar-refractivity contribution in [3.8, 4) is 0 Å². The molecule has 5 heteroatoms. The van der Waals surface area contributed by atoms with Gasteiger partial charge in [-0.2, -0.15) is 0 Å². The topological polar surface area (TPSA) is 68.5 Å². The maximum absolute atomic E-state index is 11.7. The summed E-state index contributed by atoms with van der Waals surface area (Å²) in [6.07, 6.45) is 4.95. The molecule has 0 saturated carbocycles. The molecule has 1 amide bonds. The molecule has 1 heterocycles. The van der Waals surface area contributed by atoms with Crippen molar-refractivity contribution in [1.82, 2.24) is 5.32 Å². The summed E-state index contributed by atoms with van der Waals surface area (Å²) < 4.78 is 9.92. The van der Waals surface area contributed by atoms with Crippen molar-refractivity contribution in [3.63, 3.8) is 0 Å². The summed E-state index contributed by atoms with van der Waals surface area (Å²) in [4.78, 5) is 23.2. The fourth-order valence-corrected chi connectivity index (χ4v) is 2.19. The summed E-state index contributed by atoms with van der Waals surface area (Å²) in [5.74, 6) is 0.143. The molecule has 2 rings (SSSR count). The van der Waals surface area contributed by atoms with E-state index in [0.29, 0.717) is 18.2 Å². The number of hydrogen-bond donors (Lipinski definition) is 1. The van der Waals surface area contributed by atoms with Crippen LogP contribution in [0.2, 0.25) is 0 Å². The van der Waals surface area contributed by atoms with Crippen LogP contribution in [0, 0.1) is 0 Å². The van der Waals surface area contributed by atoms with Gasteiger partial charge in [0, 0.05) is 12.6 Å². The molecule has 132 valence electrons. The smallest absolute Gasteiger partial charge is 0.331 e. The summed E-state index contributed by atoms with van der Waals surface area (Å²) in [6.45, 7) is 4.51. The zero-order valence-corrected chi connectivity index (χ0v) is 14.5. The summed E-state index contributed by atoms with van der Waals surface area (Å²) in [7, 11) is 0. The molecule has 25 heavy (non-hydrogen) atoms. The van der Waals surface area contributed by atoms with Crippen LogP contribution in [0.15, 0.2) is 53.2 Å². The molecule has 0 spiro atoms. The Balaban J connectivity index is 1.64. The molecule has 0 aliphatic carbocycles. The first-order valence-corrected chi connectivity index (χ1v) is 8.28. The molecule has 0 unspecified atom stereocenters. The van der Waals surface area contributed by atoms with Crippen LogP contribution in [-0.4, -0.2) is 25.0 Å². The van der Waals surface area contributed by atoms with E-state index in [1.54, 1.807) is 12.1 Å². The number of ether oxygens (including phenoxy) is 1. The van der Waals surface area contributed by atoms with Crippen LogP contribution in [0.4, 0.5) is 0 Å². The van der Waals surface area contributed by atoms with E-state index in [1.807, 2.05) is 0 Å². The van der Waals surface area contributed by atoms with E-state index >= 15 is 0 Å². The van der Waals surface area contributed by atoms with E-state index in [0.717, 1.165) is 12.0 Å². The Hall–Kier alpha value is -2.82. The third-order valence-corrected chi connectivity index (χ3v) is 3.65. The van der Waals surface area contributed by atoms with Crippen LogP contribution < -0.4 is 5.32 Å². The Bertz CT molecular complexity index is 700. The Morgan fingerprint density at radius 2 is 1.96 bits per heavy atom. The fourth-order valence-electron chi connectivity index (χ4n) is 2.19. The molecule has 0 saturated heterocycles. The molecule has 0 aliphatic rings. The van der Waals surface area contributed by atoms with Crippen LogP contribution in [0.1, 0.15) is 36.7 Å². The largest absolute Gasteiger partial charge is 0.465 e. The van der Waals surface area contributed by atoms with Crippen LogP contribution in [0.5, 0.6) is 0 Å². The first-order chi connectivity index (χ1) is 12.0. The number of amides is 1. The second kappa shape index (κ2) is 9.47. The van der Waals surface area contributed by atoms with Crippen molar-refractivity contribution in [2.45, 2.75) is 26.2 Å². The molecule has 5 nitrogen and oxygen atoms in total. The van der Waals surface area contributed by atoms with Crippen LogP contribution >= 0.6 is 0 Å². The SMILES string of the molecule is CC(C)c1ccc(CCNC(=O)COC(=O)/C=C/c2ccco2)cc1. The van der Waals surface area contributed by atoms with Gasteiger partial charge in [-0.15, -0.1) is 0 Å². The van der Waals surface area contributed by atoms with E-state index in [1.165, 1.54) is 24.0 Å². The molecule has 1 aromatic carbocycles. The van der Waals surface area contributed by atoms with Crippen LogP contribution in [-0.2, 0) is 20.7 Å². The average molecular weight is 341 g/mol. The zero-order chi connectivity index (χ0) is 18.1. The predicted octanol–water partition coefficient (Wildman–Crippen LogP) is 3.32. The van der Waals surface area contributed by atoms with Crippen LogP contribution in [0.3, 0.4) is 0 Å². The first-order valence-electron chi connectivity index (χ1n) is 8.28. The molecule has 2 aromatic rings. The third kappa shape index (κ3) is 6.67. The molecule has 0 fully saturated rings. The number of carbonyl (C=O) groups excluding carboxylic acids is 2. The van der Waals surface area contributed by atoms with Gasteiger partial charge in [0.2, 0.25) is 0 Å². The van der Waals surface area contributed by atoms with E-state index < -0.39 is 5.97 Å². The average Bonchev–Trinajstić information content (AvgIpc) is 3.12. The number of hydrogen-bond acceptors (Lipinski definition) is 4. The first kappa shape index (κ1) is 18.5. The van der Waals surface area contributed by atoms with E-state index in [-0.39, 0.29) is 12.5 Å². The lowest BCUT2D eigenvalue weighted by atomic mass is 10.0. The van der Waals surface area contributed by atoms with E-state index in [9.17, 15) is 9.59 Å². The van der Waals surface area contributed by atoms with E-state index in [2.05, 4.69) is 43.4 Å². The van der Waals surface area contributed by atoms with Gasteiger partial charge in [-0.3, -0.25) is 4.79 Å². The Morgan fingerprint density at radius 1 is 1.20 bits per heavy atom. The quantitative estimate of drug-likeness (QED) is 0.591. The highest BCUT2D eigenvalue weighted by Gasteiger charge is 2.05. The minimum absolute atomic E-state index is 0.298. The standard InChI is InChI=1S/C20H23NO4/c1-15(2)17-7-5-16(6-8-17)11-12-21-19(22)14-25-20(23)10-9-18-4-3-13-24-18/h3-10,13,15H,11-12,14H2,1-2H3,(H,21,22)/b10-9+. The molecule has 1 aromatic heterocycles. The number of esters is 1. The third-order valence-electron chi connectivity index (χ3n) is 3.65. The molecule has 1 N–H and O–H groups in total. The van der Waals surface area contributed by atoms with Crippen molar-refractivity contribution in [2.24, 2.45) is 0 Å². The number of rotatable bonds is 8. The molecule has 0 aliphatic heterocycles. The van der Waals surface area contributed by atoms with E-state index in [4.69, 9.17) is 9.15 Å². The minimum Gasteiger partial charge on any atom is -0.465 e. The zero-order valence-electron chi connectivity index (χ0n) is 14.5. The van der Waals surface area contributed by atoms with Crippen molar-refractivity contribution in [2.75, 3.05) is 13.2 Å². The fraction of sp³-hybridized carbons (Fsp3) is 0.300. The number of nitrogens with one attached hydrogen (secondary N) is 1. The van der Waals surface area contributed by atoms with Crippen LogP contribution in [0.25, 0.3) is 6.08 Å². The van der Waals surface area contributed by atoms with Gasteiger partial charge in [0.15, 0.2) is 6.61 Å². The lowest BCUT2D eigenvalue weighted by Gasteiger charge is -2.08. The summed E-state index contributed by atoms with van der Waals surface area (Å²) in [6, 6.07) is 11.8. The van der Waals surface area contributed by atoms with Gasteiger partial charge in [-0.05, 0) is 41.7 Å². The van der Waals surface area contributed by atoms with Crippen molar-refractivity contribution < 1.29 is 18.7 Å². The van der Waals surface area contributed by atoms with Crippen molar-refractivity contribution in [1.29, 1.82) is 0 Å².